The van der Waals surface area contributed by atoms with Gasteiger partial charge in [-0.2, -0.15) is 0 Å². The van der Waals surface area contributed by atoms with Gasteiger partial charge in [-0.1, -0.05) is 0 Å². The summed E-state index contributed by atoms with van der Waals surface area (Å²) in [4.78, 5) is 0. The summed E-state index contributed by atoms with van der Waals surface area (Å²) in [5.41, 5.74) is 0. The Labute approximate surface area is 104 Å². The number of hydrogen-bond donors (Lipinski definition) is 0. The molecule has 0 spiro atoms. The molecular weight excluding hydrogens is 220 g/mol. The first-order valence-electron chi connectivity index (χ1n) is 3.95. The molecule has 0 amide bonds. The molecule has 0 aliphatic rings. The van der Waals surface area contributed by atoms with Gasteiger partial charge in [0, 0.05) is 19.8 Å². The molecule has 0 aliphatic carbocycles. The fraction of sp³-hybridized carbons (Fsp3) is 0.857. The zero-order chi connectivity index (χ0) is 8.74. The van der Waals surface area contributed by atoms with Crippen molar-refractivity contribution in [3.05, 3.63) is 6.55 Å². The molecule has 0 radical (unpaired) electrons. The molecule has 0 aromatic rings. The predicted molar refractivity (Wildman–Crippen MR) is 51.7 cm³/mol. The summed E-state index contributed by atoms with van der Waals surface area (Å²) in [5, 5.41) is 0. The molecule has 0 unspecified atom stereocenters. The Morgan fingerprint density at radius 3 is 1.31 bits per heavy atom. The molecule has 3 nitrogen and oxygen atoms in total. The van der Waals surface area contributed by atoms with Crippen molar-refractivity contribution in [2.24, 2.45) is 0 Å². The van der Waals surface area contributed by atoms with Crippen LogP contribution in [0.4, 0.5) is 0 Å². The van der Waals surface area contributed by atoms with Crippen LogP contribution < -0.4 is 12.4 Å². The van der Waals surface area contributed by atoms with E-state index in [1.807, 2.05) is 20.8 Å². The molecule has 0 saturated heterocycles. The van der Waals surface area contributed by atoms with Crippen molar-refractivity contribution in [1.82, 2.24) is 0 Å². The molecule has 13 heavy (non-hydrogen) atoms. The Kier molecular flexibility index (Phi) is 17.0. The van der Waals surface area contributed by atoms with Gasteiger partial charge in [-0.15, -0.1) is 0 Å². The van der Waals surface area contributed by atoms with Crippen LogP contribution in [-0.2, 0) is 13.3 Å². The van der Waals surface area contributed by atoms with Gasteiger partial charge in [-0.05, 0) is 20.8 Å². The fourth-order valence-electron chi connectivity index (χ4n) is 0.785. The molecule has 76 valence electrons. The van der Waals surface area contributed by atoms with Crippen molar-refractivity contribution in [1.29, 1.82) is 0 Å². The van der Waals surface area contributed by atoms with E-state index in [0.717, 1.165) is 0 Å². The molecule has 0 N–H and O–H groups in total. The first-order chi connectivity index (χ1) is 5.18. The number of rotatable bonds is 6. The molecule has 0 bridgehead atoms. The van der Waals surface area contributed by atoms with Crippen molar-refractivity contribution in [3.63, 3.8) is 0 Å². The smallest absolute Gasteiger partial charge is 1.00 e. The number of halogens is 1. The van der Waals surface area contributed by atoms with E-state index in [2.05, 4.69) is 6.55 Å². The predicted octanol–water partition coefficient (Wildman–Crippen LogP) is -1.97. The van der Waals surface area contributed by atoms with E-state index >= 15 is 0 Å². The maximum Gasteiger partial charge on any atom is 2.00 e. The van der Waals surface area contributed by atoms with Gasteiger partial charge < -0.3 is 25.7 Å². The summed E-state index contributed by atoms with van der Waals surface area (Å²) < 4.78 is 15.9. The topological polar surface area (TPSA) is 27.7 Å². The SMILES string of the molecule is [CH2-][Si](OCC)(OCC)OCC.[Cl-].[Mg+2]. The van der Waals surface area contributed by atoms with Gasteiger partial charge in [-0.25, -0.2) is 0 Å². The second-order valence-electron chi connectivity index (χ2n) is 1.98. The van der Waals surface area contributed by atoms with Crippen molar-refractivity contribution < 1.29 is 25.7 Å². The standard InChI is InChI=1S/C7H17O3Si.ClH.Mg/c1-5-8-11(4,9-6-2)10-7-3;;/h4-7H2,1-3H3;1H;/q-1;;+2/p-1. The summed E-state index contributed by atoms with van der Waals surface area (Å²) in [6, 6.07) is 0. The van der Waals surface area contributed by atoms with E-state index in [1.165, 1.54) is 0 Å². The van der Waals surface area contributed by atoms with E-state index in [1.54, 1.807) is 0 Å². The van der Waals surface area contributed by atoms with Crippen LogP contribution >= 0.6 is 0 Å². The monoisotopic (exact) mass is 236 g/mol. The Balaban J connectivity index is -0.000000500. The minimum absolute atomic E-state index is 0. The van der Waals surface area contributed by atoms with E-state index in [4.69, 9.17) is 13.3 Å². The van der Waals surface area contributed by atoms with Crippen molar-refractivity contribution in [3.8, 4) is 0 Å². The molecule has 0 rings (SSSR count). The molecule has 6 heteroatoms. The maximum atomic E-state index is 5.29. The summed E-state index contributed by atoms with van der Waals surface area (Å²) in [5.74, 6) is 0. The summed E-state index contributed by atoms with van der Waals surface area (Å²) in [7, 11) is -2.50. The summed E-state index contributed by atoms with van der Waals surface area (Å²) >= 11 is 0. The molecule has 0 heterocycles. The van der Waals surface area contributed by atoms with Crippen LogP contribution in [0.5, 0.6) is 0 Å². The minimum atomic E-state index is -2.50. The molecule has 0 aromatic heterocycles. The molecule has 0 aromatic carbocycles. The molecular formula is C7H17ClMgO3Si. The van der Waals surface area contributed by atoms with Gasteiger partial charge in [0.1, 0.15) is 0 Å². The van der Waals surface area contributed by atoms with Crippen LogP contribution in [0.25, 0.3) is 0 Å². The Morgan fingerprint density at radius 1 is 0.923 bits per heavy atom. The van der Waals surface area contributed by atoms with Crippen molar-refractivity contribution >= 4 is 31.9 Å². The van der Waals surface area contributed by atoms with Crippen LogP contribution in [0, 0.1) is 6.55 Å². The quantitative estimate of drug-likeness (QED) is 0.396. The van der Waals surface area contributed by atoms with E-state index in [9.17, 15) is 0 Å². The van der Waals surface area contributed by atoms with Crippen molar-refractivity contribution in [2.75, 3.05) is 19.8 Å². The van der Waals surface area contributed by atoms with Crippen LogP contribution in [0.15, 0.2) is 0 Å². The van der Waals surface area contributed by atoms with Gasteiger partial charge in [-0.3, -0.25) is 6.55 Å². The Morgan fingerprint density at radius 2 is 1.15 bits per heavy atom. The van der Waals surface area contributed by atoms with E-state index < -0.39 is 8.80 Å². The van der Waals surface area contributed by atoms with Gasteiger partial charge in [0.15, 0.2) is 0 Å². The second-order valence-corrected chi connectivity index (χ2v) is 4.21. The third-order valence-electron chi connectivity index (χ3n) is 1.09. The van der Waals surface area contributed by atoms with Crippen LogP contribution in [0.1, 0.15) is 20.8 Å². The zero-order valence-electron chi connectivity index (χ0n) is 8.64. The summed E-state index contributed by atoms with van der Waals surface area (Å²) in [6.45, 7) is 11.3. The molecule has 0 aliphatic heterocycles. The second kappa shape index (κ2) is 11.2. The number of hydrogen-bond acceptors (Lipinski definition) is 3. The van der Waals surface area contributed by atoms with Gasteiger partial charge in [0.25, 0.3) is 0 Å². The first-order valence-corrected chi connectivity index (χ1v) is 5.89. The first kappa shape index (κ1) is 19.7. The van der Waals surface area contributed by atoms with Gasteiger partial charge in [0.2, 0.25) is 0 Å². The molecule has 0 saturated carbocycles. The third kappa shape index (κ3) is 9.46. The van der Waals surface area contributed by atoms with Crippen LogP contribution in [0.2, 0.25) is 0 Å². The van der Waals surface area contributed by atoms with Crippen LogP contribution in [0.3, 0.4) is 0 Å². The molecule has 0 atom stereocenters. The van der Waals surface area contributed by atoms with Gasteiger partial charge >= 0.3 is 31.9 Å². The summed E-state index contributed by atoms with van der Waals surface area (Å²) in [6.07, 6.45) is 0. The normalized spacial score (nSPS) is 10.2. The largest absolute Gasteiger partial charge is 2.00 e. The maximum absolute atomic E-state index is 5.29. The zero-order valence-corrected chi connectivity index (χ0v) is 11.8. The van der Waals surface area contributed by atoms with Crippen LogP contribution in [-0.4, -0.2) is 51.7 Å². The van der Waals surface area contributed by atoms with E-state index in [0.29, 0.717) is 19.8 Å². The Bertz CT molecular complexity index is 90.7. The van der Waals surface area contributed by atoms with Crippen molar-refractivity contribution in [2.45, 2.75) is 20.8 Å². The average molecular weight is 237 g/mol. The van der Waals surface area contributed by atoms with E-state index in [-0.39, 0.29) is 35.5 Å². The molecule has 0 fully saturated rings. The third-order valence-corrected chi connectivity index (χ3v) is 3.28. The Hall–Kier alpha value is 1.15. The fourth-order valence-corrected chi connectivity index (χ4v) is 2.35. The minimum Gasteiger partial charge on any atom is -1.00 e. The average Bonchev–Trinajstić information content (AvgIpc) is 1.88. The van der Waals surface area contributed by atoms with Gasteiger partial charge in [0.05, 0.1) is 0 Å².